The van der Waals surface area contributed by atoms with E-state index >= 15 is 0 Å². The maximum Gasteiger partial charge on any atom is 0.265 e. The lowest BCUT2D eigenvalue weighted by molar-refractivity contribution is -0.587. The Bertz CT molecular complexity index is 429. The van der Waals surface area contributed by atoms with Gasteiger partial charge in [0.25, 0.3) is 5.54 Å². The number of benzene rings is 1. The van der Waals surface area contributed by atoms with Crippen LogP contribution in [-0.2, 0) is 9.47 Å². The first kappa shape index (κ1) is 12.3. The maximum absolute atomic E-state index is 10.8. The molecule has 1 aliphatic heterocycles. The average molecular weight is 258 g/mol. The predicted octanol–water partition coefficient (Wildman–Crippen LogP) is 2.42. The minimum Gasteiger partial charge on any atom is -0.341 e. The van der Waals surface area contributed by atoms with Crippen molar-refractivity contribution in [2.45, 2.75) is 18.8 Å². The Morgan fingerprint density at radius 2 is 2.00 bits per heavy atom. The molecule has 0 radical (unpaired) electrons. The molecule has 1 heterocycles. The van der Waals surface area contributed by atoms with Gasteiger partial charge in [-0.15, -0.1) is 0 Å². The SMILES string of the molecule is CC1([N+](=O)[O-])COC(c2ccccc2Cl)OC1. The van der Waals surface area contributed by atoms with Crippen LogP contribution in [0, 0.1) is 10.1 Å². The molecule has 0 spiro atoms. The molecule has 0 amide bonds. The van der Waals surface area contributed by atoms with E-state index in [0.717, 1.165) is 0 Å². The number of hydrogen-bond acceptors (Lipinski definition) is 4. The summed E-state index contributed by atoms with van der Waals surface area (Å²) < 4.78 is 10.7. The second-order valence-electron chi connectivity index (χ2n) is 4.23. The monoisotopic (exact) mass is 257 g/mol. The summed E-state index contributed by atoms with van der Waals surface area (Å²) in [5, 5.41) is 11.3. The second kappa shape index (κ2) is 4.60. The first-order chi connectivity index (χ1) is 8.03. The molecule has 0 N–H and O–H groups in total. The van der Waals surface area contributed by atoms with Gasteiger partial charge in [0.2, 0.25) is 0 Å². The van der Waals surface area contributed by atoms with Crippen molar-refractivity contribution in [1.82, 2.24) is 0 Å². The lowest BCUT2D eigenvalue weighted by Crippen LogP contribution is -2.48. The Morgan fingerprint density at radius 3 is 2.53 bits per heavy atom. The molecule has 1 saturated heterocycles. The standard InChI is InChI=1S/C11H12ClNO4/c1-11(13(14)15)6-16-10(17-7-11)8-4-2-3-5-9(8)12/h2-5,10H,6-7H2,1H3. The Labute approximate surface area is 103 Å². The van der Waals surface area contributed by atoms with Crippen LogP contribution < -0.4 is 0 Å². The number of nitro groups is 1. The zero-order valence-electron chi connectivity index (χ0n) is 9.26. The van der Waals surface area contributed by atoms with Gasteiger partial charge in [0.15, 0.2) is 6.29 Å². The van der Waals surface area contributed by atoms with Crippen LogP contribution in [0.5, 0.6) is 0 Å². The molecular formula is C11H12ClNO4. The predicted molar refractivity (Wildman–Crippen MR) is 61.5 cm³/mol. The fourth-order valence-corrected chi connectivity index (χ4v) is 1.78. The van der Waals surface area contributed by atoms with Crippen molar-refractivity contribution in [3.8, 4) is 0 Å². The quantitative estimate of drug-likeness (QED) is 0.603. The van der Waals surface area contributed by atoms with Crippen LogP contribution >= 0.6 is 11.6 Å². The molecule has 0 bridgehead atoms. The fourth-order valence-electron chi connectivity index (χ4n) is 1.55. The minimum absolute atomic E-state index is 0.00981. The molecule has 1 fully saturated rings. The molecule has 0 atom stereocenters. The summed E-state index contributed by atoms with van der Waals surface area (Å²) in [7, 11) is 0. The van der Waals surface area contributed by atoms with Crippen LogP contribution in [0.25, 0.3) is 0 Å². The summed E-state index contributed by atoms with van der Waals surface area (Å²) in [5.74, 6) is 0. The molecule has 17 heavy (non-hydrogen) atoms. The highest BCUT2D eigenvalue weighted by atomic mass is 35.5. The molecule has 2 rings (SSSR count). The van der Waals surface area contributed by atoms with Crippen LogP contribution in [0.1, 0.15) is 18.8 Å². The number of halogens is 1. The summed E-state index contributed by atoms with van der Waals surface area (Å²) in [6.45, 7) is 1.52. The Balaban J connectivity index is 2.10. The largest absolute Gasteiger partial charge is 0.341 e. The fraction of sp³-hybridized carbons (Fsp3) is 0.455. The Kier molecular flexibility index (Phi) is 3.33. The van der Waals surface area contributed by atoms with Crippen molar-refractivity contribution < 1.29 is 14.4 Å². The van der Waals surface area contributed by atoms with Gasteiger partial charge in [-0.05, 0) is 6.07 Å². The van der Waals surface area contributed by atoms with Gasteiger partial charge in [0.05, 0.1) is 0 Å². The first-order valence-electron chi connectivity index (χ1n) is 5.15. The molecule has 0 aliphatic carbocycles. The van der Waals surface area contributed by atoms with Crippen LogP contribution in [0.3, 0.4) is 0 Å². The van der Waals surface area contributed by atoms with E-state index < -0.39 is 11.8 Å². The van der Waals surface area contributed by atoms with E-state index in [0.29, 0.717) is 10.6 Å². The average Bonchev–Trinajstić information content (AvgIpc) is 2.31. The van der Waals surface area contributed by atoms with Crippen molar-refractivity contribution in [2.24, 2.45) is 0 Å². The third-order valence-electron chi connectivity index (χ3n) is 2.69. The number of ether oxygens (including phenoxy) is 2. The normalized spacial score (nSPS) is 28.9. The zero-order valence-corrected chi connectivity index (χ0v) is 10.0. The summed E-state index contributed by atoms with van der Waals surface area (Å²) in [6.07, 6.45) is -0.628. The second-order valence-corrected chi connectivity index (χ2v) is 4.64. The topological polar surface area (TPSA) is 61.6 Å². The lowest BCUT2D eigenvalue weighted by atomic mass is 10.1. The number of hydrogen-bond donors (Lipinski definition) is 0. The van der Waals surface area contributed by atoms with Gasteiger partial charge in [-0.25, -0.2) is 0 Å². The molecule has 0 unspecified atom stereocenters. The Morgan fingerprint density at radius 1 is 1.41 bits per heavy atom. The highest BCUT2D eigenvalue weighted by Gasteiger charge is 2.43. The van der Waals surface area contributed by atoms with E-state index in [4.69, 9.17) is 21.1 Å². The highest BCUT2D eigenvalue weighted by molar-refractivity contribution is 6.31. The number of rotatable bonds is 2. The summed E-state index contributed by atoms with van der Waals surface area (Å²) in [4.78, 5) is 10.4. The third kappa shape index (κ3) is 2.41. The van der Waals surface area contributed by atoms with Gasteiger partial charge in [-0.1, -0.05) is 29.8 Å². The van der Waals surface area contributed by atoms with Gasteiger partial charge in [0, 0.05) is 22.4 Å². The van der Waals surface area contributed by atoms with E-state index in [1.165, 1.54) is 6.92 Å². The van der Waals surface area contributed by atoms with Gasteiger partial charge in [-0.3, -0.25) is 10.1 Å². The highest BCUT2D eigenvalue weighted by Crippen LogP contribution is 2.31. The van der Waals surface area contributed by atoms with Crippen molar-refractivity contribution >= 4 is 11.6 Å². The van der Waals surface area contributed by atoms with Gasteiger partial charge < -0.3 is 9.47 Å². The summed E-state index contributed by atoms with van der Waals surface area (Å²) >= 11 is 6.00. The first-order valence-corrected chi connectivity index (χ1v) is 5.53. The van der Waals surface area contributed by atoms with Crippen LogP contribution in [0.4, 0.5) is 0 Å². The van der Waals surface area contributed by atoms with E-state index in [2.05, 4.69) is 0 Å². The molecule has 1 aliphatic rings. The van der Waals surface area contributed by atoms with Crippen LogP contribution in [0.2, 0.25) is 5.02 Å². The Hall–Kier alpha value is -1.17. The molecule has 6 heteroatoms. The minimum atomic E-state index is -1.18. The number of nitrogens with zero attached hydrogens (tertiary/aromatic N) is 1. The molecule has 0 aromatic heterocycles. The smallest absolute Gasteiger partial charge is 0.265 e. The maximum atomic E-state index is 10.8. The lowest BCUT2D eigenvalue weighted by Gasteiger charge is -2.31. The van der Waals surface area contributed by atoms with Crippen LogP contribution in [0.15, 0.2) is 24.3 Å². The van der Waals surface area contributed by atoms with Crippen molar-refractivity contribution in [3.63, 3.8) is 0 Å². The zero-order chi connectivity index (χ0) is 12.5. The third-order valence-corrected chi connectivity index (χ3v) is 3.04. The molecular weight excluding hydrogens is 246 g/mol. The van der Waals surface area contributed by atoms with E-state index in [1.807, 2.05) is 6.07 Å². The van der Waals surface area contributed by atoms with Crippen molar-refractivity contribution in [1.29, 1.82) is 0 Å². The van der Waals surface area contributed by atoms with Gasteiger partial charge in [-0.2, -0.15) is 0 Å². The van der Waals surface area contributed by atoms with Crippen LogP contribution in [-0.4, -0.2) is 23.7 Å². The summed E-state index contributed by atoms with van der Waals surface area (Å²) in [5.41, 5.74) is -0.489. The van der Waals surface area contributed by atoms with Crippen molar-refractivity contribution in [2.75, 3.05) is 13.2 Å². The van der Waals surface area contributed by atoms with E-state index in [9.17, 15) is 10.1 Å². The van der Waals surface area contributed by atoms with Crippen molar-refractivity contribution in [3.05, 3.63) is 45.0 Å². The van der Waals surface area contributed by atoms with Gasteiger partial charge in [0.1, 0.15) is 13.2 Å². The van der Waals surface area contributed by atoms with Gasteiger partial charge >= 0.3 is 0 Å². The molecule has 5 nitrogen and oxygen atoms in total. The molecule has 0 saturated carbocycles. The molecule has 92 valence electrons. The van der Waals surface area contributed by atoms with E-state index in [1.54, 1.807) is 18.2 Å². The summed E-state index contributed by atoms with van der Waals surface area (Å²) in [6, 6.07) is 7.12. The molecule has 1 aromatic carbocycles. The van der Waals surface area contributed by atoms with E-state index in [-0.39, 0.29) is 18.1 Å². The molecule has 1 aromatic rings.